The number of nitrogens with zero attached hydrogens (tertiary/aromatic N) is 3. The molecule has 3 aromatic rings. The van der Waals surface area contributed by atoms with Crippen molar-refractivity contribution in [3.63, 3.8) is 0 Å². The maximum Gasteiger partial charge on any atom is 0.394 e. The minimum absolute atomic E-state index is 0.00432. The van der Waals surface area contributed by atoms with E-state index >= 15 is 0 Å². The Bertz CT molecular complexity index is 1740. The monoisotopic (exact) mass is 626 g/mol. The fourth-order valence-electron chi connectivity index (χ4n) is 6.98. The van der Waals surface area contributed by atoms with Crippen LogP contribution in [0.25, 0.3) is 11.3 Å². The number of rotatable bonds is 4. The lowest BCUT2D eigenvalue weighted by Gasteiger charge is -2.47. The molecule has 1 amide bonds. The van der Waals surface area contributed by atoms with Gasteiger partial charge in [-0.1, -0.05) is 24.3 Å². The average Bonchev–Trinajstić information content (AvgIpc) is 3.86. The first-order chi connectivity index (χ1) is 20.8. The van der Waals surface area contributed by atoms with Crippen LogP contribution in [0.3, 0.4) is 0 Å². The van der Waals surface area contributed by atoms with Crippen LogP contribution in [0.4, 0.5) is 19.0 Å². The lowest BCUT2D eigenvalue weighted by molar-refractivity contribution is -0.193. The van der Waals surface area contributed by atoms with Gasteiger partial charge < -0.3 is 9.64 Å². The van der Waals surface area contributed by atoms with Crippen LogP contribution < -0.4 is 9.46 Å². The smallest absolute Gasteiger partial charge is 0.394 e. The van der Waals surface area contributed by atoms with Crippen molar-refractivity contribution in [2.45, 2.75) is 82.1 Å². The molecule has 0 radical (unpaired) electrons. The summed E-state index contributed by atoms with van der Waals surface area (Å²) < 4.78 is 78.7. The molecular weight excluding hydrogens is 593 g/mol. The second kappa shape index (κ2) is 9.92. The summed E-state index contributed by atoms with van der Waals surface area (Å²) in [5.41, 5.74) is 1.18. The first kappa shape index (κ1) is 29.1. The summed E-state index contributed by atoms with van der Waals surface area (Å²) in [6.07, 6.45) is -1.26. The molecule has 1 spiro atoms. The van der Waals surface area contributed by atoms with Gasteiger partial charge in [0.2, 0.25) is 0 Å². The van der Waals surface area contributed by atoms with Gasteiger partial charge in [-0.15, -0.1) is 0 Å². The SMILES string of the molecule is Cc1cccc(C)c1-c1cc2cc(n1)NS(=O)(=O)c1cccc(n1)C(=O)N(C1CC3(CC3)C1)[C@H](CC1(C(F)(F)F)CC1)CO2. The second-order valence-corrected chi connectivity index (χ2v) is 14.7. The standard InChI is InChI=1S/C32H33F3N4O4S/c1-19-5-3-6-20(2)28(19)25-13-23-14-26(36-25)38-44(41,42)27-8-4-7-24(37-27)29(40)39(21-15-30(16-21)9-10-30)22(18-43-23)17-31(11-12-31)32(33,34)35/h3-8,13-14,21-22H,9-12,15-18H2,1-2H3,(H,36,38)/t22-/m1/s1. The van der Waals surface area contributed by atoms with Gasteiger partial charge in [-0.05, 0) is 87.5 Å². The van der Waals surface area contributed by atoms with E-state index < -0.39 is 33.6 Å². The van der Waals surface area contributed by atoms with Gasteiger partial charge in [-0.2, -0.15) is 21.6 Å². The summed E-state index contributed by atoms with van der Waals surface area (Å²) in [5, 5.41) is -0.387. The van der Waals surface area contributed by atoms with Gasteiger partial charge in [-0.3, -0.25) is 9.52 Å². The average molecular weight is 627 g/mol. The fourth-order valence-corrected chi connectivity index (χ4v) is 7.94. The third-order valence-electron chi connectivity index (χ3n) is 9.83. The van der Waals surface area contributed by atoms with Crippen LogP contribution in [0.5, 0.6) is 5.75 Å². The van der Waals surface area contributed by atoms with E-state index in [1.165, 1.54) is 29.2 Å². The van der Waals surface area contributed by atoms with Gasteiger partial charge >= 0.3 is 6.18 Å². The van der Waals surface area contributed by atoms with Crippen LogP contribution in [-0.2, 0) is 10.0 Å². The number of benzene rings is 1. The summed E-state index contributed by atoms with van der Waals surface area (Å²) in [4.78, 5) is 24.5. The molecule has 3 aliphatic carbocycles. The normalized spacial score (nSPS) is 23.3. The lowest BCUT2D eigenvalue weighted by atomic mass is 9.75. The molecule has 3 fully saturated rings. The van der Waals surface area contributed by atoms with Crippen molar-refractivity contribution in [2.24, 2.45) is 10.8 Å². The summed E-state index contributed by atoms with van der Waals surface area (Å²) in [7, 11) is -4.29. The zero-order valence-electron chi connectivity index (χ0n) is 24.4. The Kier molecular flexibility index (Phi) is 6.55. The molecule has 12 heteroatoms. The molecule has 7 rings (SSSR count). The van der Waals surface area contributed by atoms with Gasteiger partial charge in [0.05, 0.1) is 17.2 Å². The summed E-state index contributed by atoms with van der Waals surface area (Å²) >= 11 is 0. The largest absolute Gasteiger partial charge is 0.491 e. The molecule has 3 saturated carbocycles. The van der Waals surface area contributed by atoms with E-state index in [2.05, 4.69) is 14.7 Å². The van der Waals surface area contributed by atoms with Gasteiger partial charge in [0.25, 0.3) is 15.9 Å². The third kappa shape index (κ3) is 5.10. The highest BCUT2D eigenvalue weighted by Gasteiger charge is 2.65. The highest BCUT2D eigenvalue weighted by molar-refractivity contribution is 7.92. The molecule has 4 bridgehead atoms. The van der Waals surface area contributed by atoms with Crippen molar-refractivity contribution >= 4 is 21.7 Å². The van der Waals surface area contributed by atoms with E-state index in [0.717, 1.165) is 29.5 Å². The number of hydrogen-bond acceptors (Lipinski definition) is 6. The van der Waals surface area contributed by atoms with Gasteiger partial charge in [0, 0.05) is 23.7 Å². The van der Waals surface area contributed by atoms with E-state index in [9.17, 15) is 26.4 Å². The Morgan fingerprint density at radius 2 is 1.66 bits per heavy atom. The molecule has 1 N–H and O–H groups in total. The highest BCUT2D eigenvalue weighted by Crippen LogP contribution is 2.64. The van der Waals surface area contributed by atoms with Crippen LogP contribution in [0.15, 0.2) is 53.6 Å². The number of ether oxygens (including phenoxy) is 1. The van der Waals surface area contributed by atoms with Gasteiger partial charge in [0.1, 0.15) is 23.9 Å². The number of sulfonamides is 1. The molecule has 44 heavy (non-hydrogen) atoms. The van der Waals surface area contributed by atoms with Crippen LogP contribution >= 0.6 is 0 Å². The molecule has 0 unspecified atom stereocenters. The van der Waals surface area contributed by atoms with E-state index in [-0.39, 0.29) is 59.6 Å². The van der Waals surface area contributed by atoms with Gasteiger partial charge in [-0.25, -0.2) is 9.97 Å². The summed E-state index contributed by atoms with van der Waals surface area (Å²) in [6, 6.07) is 11.7. The molecular formula is C32H33F3N4O4S. The molecule has 232 valence electrons. The zero-order chi connectivity index (χ0) is 31.1. The van der Waals surface area contributed by atoms with Crippen molar-refractivity contribution in [1.29, 1.82) is 0 Å². The van der Waals surface area contributed by atoms with Crippen LogP contribution in [0, 0.1) is 24.7 Å². The number of nitrogens with one attached hydrogen (secondary N) is 1. The predicted molar refractivity (Wildman–Crippen MR) is 157 cm³/mol. The number of amides is 1. The minimum Gasteiger partial charge on any atom is -0.491 e. The summed E-state index contributed by atoms with van der Waals surface area (Å²) in [5.74, 6) is -0.389. The van der Waals surface area contributed by atoms with E-state index in [4.69, 9.17) is 4.74 Å². The van der Waals surface area contributed by atoms with E-state index in [1.54, 1.807) is 6.07 Å². The molecule has 3 heterocycles. The summed E-state index contributed by atoms with van der Waals surface area (Å²) in [6.45, 7) is 3.63. The molecule has 0 saturated heterocycles. The number of carbonyl (C=O) groups excluding carboxylic acids is 1. The first-order valence-corrected chi connectivity index (χ1v) is 16.4. The maximum atomic E-state index is 14.3. The molecule has 1 atom stereocenters. The zero-order valence-corrected chi connectivity index (χ0v) is 25.3. The third-order valence-corrected chi connectivity index (χ3v) is 11.1. The number of aryl methyl sites for hydroxylation is 2. The Balaban J connectivity index is 1.36. The van der Waals surface area contributed by atoms with E-state index in [1.807, 2.05) is 32.0 Å². The Labute approximate surface area is 254 Å². The van der Waals surface area contributed by atoms with Crippen molar-refractivity contribution < 1.29 is 31.1 Å². The Morgan fingerprint density at radius 1 is 0.977 bits per heavy atom. The Morgan fingerprint density at radius 3 is 2.30 bits per heavy atom. The topological polar surface area (TPSA) is 101 Å². The number of halogens is 3. The molecule has 1 aliphatic heterocycles. The van der Waals surface area contributed by atoms with Crippen LogP contribution in [0.1, 0.15) is 66.6 Å². The minimum atomic E-state index is -4.42. The maximum absolute atomic E-state index is 14.3. The number of anilines is 1. The molecule has 2 aromatic heterocycles. The molecule has 1 aromatic carbocycles. The van der Waals surface area contributed by atoms with Gasteiger partial charge in [0.15, 0.2) is 5.03 Å². The van der Waals surface area contributed by atoms with Crippen molar-refractivity contribution in [2.75, 3.05) is 11.3 Å². The Hall–Kier alpha value is -3.67. The fraction of sp³-hybridized carbons (Fsp3) is 0.469. The number of aromatic nitrogens is 2. The van der Waals surface area contributed by atoms with Crippen molar-refractivity contribution in [3.8, 4) is 17.0 Å². The number of carbonyl (C=O) groups is 1. The number of fused-ring (bicyclic) bond motifs is 4. The number of pyridine rings is 2. The molecule has 4 aliphatic rings. The predicted octanol–water partition coefficient (Wildman–Crippen LogP) is 6.44. The second-order valence-electron chi connectivity index (χ2n) is 13.0. The highest BCUT2D eigenvalue weighted by atomic mass is 32.2. The quantitative estimate of drug-likeness (QED) is 0.358. The van der Waals surface area contributed by atoms with Crippen molar-refractivity contribution in [1.82, 2.24) is 14.9 Å². The number of hydrogen-bond donors (Lipinski definition) is 1. The van der Waals surface area contributed by atoms with Crippen LogP contribution in [0.2, 0.25) is 0 Å². The van der Waals surface area contributed by atoms with Crippen molar-refractivity contribution in [3.05, 3.63) is 65.4 Å². The van der Waals surface area contributed by atoms with E-state index in [0.29, 0.717) is 18.5 Å². The number of alkyl halides is 3. The van der Waals surface area contributed by atoms with Crippen LogP contribution in [-0.4, -0.2) is 54.1 Å². The lowest BCUT2D eigenvalue weighted by Crippen LogP contribution is -2.56. The molecule has 8 nitrogen and oxygen atoms in total. The first-order valence-electron chi connectivity index (χ1n) is 14.9.